The number of carbonyl (C=O) groups is 1. The summed E-state index contributed by atoms with van der Waals surface area (Å²) in [5.41, 5.74) is 0. The molecule has 2 N–H and O–H groups in total. The van der Waals surface area contributed by atoms with Crippen LogP contribution >= 0.6 is 0 Å². The van der Waals surface area contributed by atoms with Gasteiger partial charge in [-0.05, 0) is 44.4 Å². The molecule has 20 heavy (non-hydrogen) atoms. The Morgan fingerprint density at radius 2 is 1.80 bits per heavy atom. The van der Waals surface area contributed by atoms with Crippen molar-refractivity contribution in [2.75, 3.05) is 13.2 Å². The maximum Gasteiger partial charge on any atom is 0.226 e. The van der Waals surface area contributed by atoms with Crippen LogP contribution in [-0.2, 0) is 9.53 Å². The first-order valence-electron chi connectivity index (χ1n) is 8.08. The number of aliphatic hydroxyl groups excluding tert-OH is 1. The van der Waals surface area contributed by atoms with Crippen LogP contribution in [0.3, 0.4) is 0 Å². The van der Waals surface area contributed by atoms with E-state index in [4.69, 9.17) is 4.74 Å². The highest BCUT2D eigenvalue weighted by Crippen LogP contribution is 2.33. The molecule has 4 nitrogen and oxygen atoms in total. The Balaban J connectivity index is 1.85. The Labute approximate surface area is 122 Å². The Hall–Kier alpha value is -0.610. The lowest BCUT2D eigenvalue weighted by molar-refractivity contribution is -0.127. The monoisotopic (exact) mass is 283 g/mol. The van der Waals surface area contributed by atoms with Gasteiger partial charge >= 0.3 is 0 Å². The number of ether oxygens (including phenoxy) is 1. The van der Waals surface area contributed by atoms with Crippen LogP contribution in [0, 0.1) is 23.7 Å². The van der Waals surface area contributed by atoms with Crippen molar-refractivity contribution < 1.29 is 14.6 Å². The second-order valence-corrected chi connectivity index (χ2v) is 6.66. The third-order valence-corrected chi connectivity index (χ3v) is 5.38. The van der Waals surface area contributed by atoms with E-state index in [1.165, 1.54) is 12.8 Å². The molecule has 0 spiro atoms. The number of aliphatic hydroxyl groups is 1. The number of carbonyl (C=O) groups excluding carboxylic acids is 1. The van der Waals surface area contributed by atoms with Gasteiger partial charge in [0.05, 0.1) is 18.1 Å². The number of rotatable bonds is 4. The summed E-state index contributed by atoms with van der Waals surface area (Å²) >= 11 is 0. The van der Waals surface area contributed by atoms with Crippen LogP contribution in [0.1, 0.15) is 46.5 Å². The van der Waals surface area contributed by atoms with Crippen LogP contribution in [0.4, 0.5) is 0 Å². The molecule has 1 amide bonds. The number of nitrogens with one attached hydrogen (secondary N) is 1. The van der Waals surface area contributed by atoms with Gasteiger partial charge in [0, 0.05) is 13.2 Å². The van der Waals surface area contributed by atoms with Gasteiger partial charge in [-0.1, -0.05) is 19.8 Å². The van der Waals surface area contributed by atoms with Gasteiger partial charge in [-0.3, -0.25) is 4.79 Å². The van der Waals surface area contributed by atoms with Crippen LogP contribution < -0.4 is 5.32 Å². The van der Waals surface area contributed by atoms with Gasteiger partial charge in [0.1, 0.15) is 0 Å². The molecule has 0 bridgehead atoms. The highest BCUT2D eigenvalue weighted by molar-refractivity contribution is 5.79. The molecule has 1 aliphatic carbocycles. The molecule has 4 heteroatoms. The summed E-state index contributed by atoms with van der Waals surface area (Å²) in [5.74, 6) is 1.14. The molecular weight excluding hydrogens is 254 g/mol. The van der Waals surface area contributed by atoms with Crippen molar-refractivity contribution in [2.45, 2.75) is 58.7 Å². The number of hydrogen-bond donors (Lipinski definition) is 2. The molecule has 2 fully saturated rings. The molecule has 0 aromatic carbocycles. The minimum absolute atomic E-state index is 0.00000501. The van der Waals surface area contributed by atoms with E-state index < -0.39 is 0 Å². The summed E-state index contributed by atoms with van der Waals surface area (Å²) in [7, 11) is 0. The second-order valence-electron chi connectivity index (χ2n) is 6.66. The van der Waals surface area contributed by atoms with E-state index in [9.17, 15) is 9.90 Å². The van der Waals surface area contributed by atoms with Crippen molar-refractivity contribution >= 4 is 5.91 Å². The van der Waals surface area contributed by atoms with Crippen LogP contribution in [0.5, 0.6) is 0 Å². The smallest absolute Gasteiger partial charge is 0.226 e. The van der Waals surface area contributed by atoms with Gasteiger partial charge in [-0.15, -0.1) is 0 Å². The first kappa shape index (κ1) is 15.8. The van der Waals surface area contributed by atoms with Crippen LogP contribution in [0.25, 0.3) is 0 Å². The van der Waals surface area contributed by atoms with E-state index in [-0.39, 0.29) is 36.6 Å². The quantitative estimate of drug-likeness (QED) is 0.829. The topological polar surface area (TPSA) is 58.6 Å². The lowest BCUT2D eigenvalue weighted by Crippen LogP contribution is -2.41. The van der Waals surface area contributed by atoms with Crippen LogP contribution in [-0.4, -0.2) is 36.4 Å². The second kappa shape index (κ2) is 6.90. The van der Waals surface area contributed by atoms with Crippen LogP contribution in [0.15, 0.2) is 0 Å². The fraction of sp³-hybridized carbons (Fsp3) is 0.938. The number of hydrogen-bond acceptors (Lipinski definition) is 3. The zero-order valence-corrected chi connectivity index (χ0v) is 13.0. The summed E-state index contributed by atoms with van der Waals surface area (Å²) in [4.78, 5) is 12.4. The predicted molar refractivity (Wildman–Crippen MR) is 78.2 cm³/mol. The largest absolute Gasteiger partial charge is 0.396 e. The molecule has 6 atom stereocenters. The maximum absolute atomic E-state index is 12.4. The summed E-state index contributed by atoms with van der Waals surface area (Å²) in [6, 6.07) is 0. The van der Waals surface area contributed by atoms with E-state index in [0.717, 1.165) is 12.8 Å². The van der Waals surface area contributed by atoms with E-state index in [2.05, 4.69) is 12.2 Å². The normalized spacial score (nSPS) is 41.6. The zero-order valence-electron chi connectivity index (χ0n) is 13.0. The molecule has 1 heterocycles. The van der Waals surface area contributed by atoms with E-state index in [1.54, 1.807) is 0 Å². The van der Waals surface area contributed by atoms with Gasteiger partial charge in [-0.25, -0.2) is 0 Å². The molecule has 2 aliphatic rings. The molecule has 116 valence electrons. The Kier molecular flexibility index (Phi) is 5.44. The summed E-state index contributed by atoms with van der Waals surface area (Å²) < 4.78 is 5.74. The van der Waals surface area contributed by atoms with Gasteiger partial charge in [0.15, 0.2) is 0 Å². The summed E-state index contributed by atoms with van der Waals surface area (Å²) in [6.45, 7) is 7.07. The lowest BCUT2D eigenvalue weighted by atomic mass is 9.79. The molecule has 1 aliphatic heterocycles. The molecule has 2 rings (SSSR count). The van der Waals surface area contributed by atoms with E-state index >= 15 is 0 Å². The van der Waals surface area contributed by atoms with Crippen molar-refractivity contribution in [1.29, 1.82) is 0 Å². The molecule has 1 saturated carbocycles. The van der Waals surface area contributed by atoms with Crippen LogP contribution in [0.2, 0.25) is 0 Å². The molecule has 0 aromatic heterocycles. The highest BCUT2D eigenvalue weighted by atomic mass is 16.5. The molecule has 0 aromatic rings. The SMILES string of the molecule is CC1OC(C)C(C(=O)NCC2CCCCC2CO)C1C. The third kappa shape index (κ3) is 3.34. The molecule has 6 unspecified atom stereocenters. The van der Waals surface area contributed by atoms with Gasteiger partial charge in [-0.2, -0.15) is 0 Å². The minimum atomic E-state index is -0.0406. The predicted octanol–water partition coefficient (Wildman–Crippen LogP) is 1.96. The maximum atomic E-state index is 12.4. The van der Waals surface area contributed by atoms with Gasteiger partial charge in [0.2, 0.25) is 5.91 Å². The Bertz CT molecular complexity index is 334. The minimum Gasteiger partial charge on any atom is -0.396 e. The Morgan fingerprint density at radius 3 is 2.35 bits per heavy atom. The van der Waals surface area contributed by atoms with E-state index in [1.807, 2.05) is 13.8 Å². The number of amides is 1. The van der Waals surface area contributed by atoms with Crippen molar-refractivity contribution in [1.82, 2.24) is 5.32 Å². The first-order valence-corrected chi connectivity index (χ1v) is 8.08. The standard InChI is InChI=1S/C16H29NO3/c1-10-11(2)20-12(3)15(10)16(19)17-8-13-6-4-5-7-14(13)9-18/h10-15,18H,4-9H2,1-3H3,(H,17,19). The fourth-order valence-corrected chi connectivity index (χ4v) is 3.86. The van der Waals surface area contributed by atoms with Crippen molar-refractivity contribution in [3.05, 3.63) is 0 Å². The average molecular weight is 283 g/mol. The first-order chi connectivity index (χ1) is 9.54. The molecule has 0 radical (unpaired) electrons. The van der Waals surface area contributed by atoms with Crippen molar-refractivity contribution in [2.24, 2.45) is 23.7 Å². The van der Waals surface area contributed by atoms with Crippen molar-refractivity contribution in [3.63, 3.8) is 0 Å². The molecular formula is C16H29NO3. The van der Waals surface area contributed by atoms with Gasteiger partial charge < -0.3 is 15.2 Å². The summed E-state index contributed by atoms with van der Waals surface area (Å²) in [5, 5.41) is 12.5. The van der Waals surface area contributed by atoms with Gasteiger partial charge in [0.25, 0.3) is 0 Å². The molecule has 1 saturated heterocycles. The Morgan fingerprint density at radius 1 is 1.15 bits per heavy atom. The van der Waals surface area contributed by atoms with E-state index in [0.29, 0.717) is 18.4 Å². The third-order valence-electron chi connectivity index (χ3n) is 5.38. The lowest BCUT2D eigenvalue weighted by Gasteiger charge is -2.31. The summed E-state index contributed by atoms with van der Waals surface area (Å²) in [6.07, 6.45) is 4.79. The highest BCUT2D eigenvalue weighted by Gasteiger charge is 2.41. The average Bonchev–Trinajstić information content (AvgIpc) is 2.70. The van der Waals surface area contributed by atoms with Crippen molar-refractivity contribution in [3.8, 4) is 0 Å². The zero-order chi connectivity index (χ0) is 14.7. The fourth-order valence-electron chi connectivity index (χ4n) is 3.86.